The summed E-state index contributed by atoms with van der Waals surface area (Å²) in [6.07, 6.45) is 8.52. The average Bonchev–Trinajstić information content (AvgIpc) is 3.58. The summed E-state index contributed by atoms with van der Waals surface area (Å²) < 4.78 is 18.9. The second-order valence-corrected chi connectivity index (χ2v) is 10.9. The molecule has 1 atom stereocenters. The van der Waals surface area contributed by atoms with Gasteiger partial charge in [-0.2, -0.15) is 0 Å². The third kappa shape index (κ3) is 6.77. The number of carbonyl (C=O) groups excluding carboxylic acids is 1. The Morgan fingerprint density at radius 1 is 1.21 bits per heavy atom. The zero-order valence-electron chi connectivity index (χ0n) is 23.0. The maximum atomic E-state index is 12.9. The number of rotatable bonds is 11. The summed E-state index contributed by atoms with van der Waals surface area (Å²) in [5.41, 5.74) is 4.45. The van der Waals surface area contributed by atoms with Crippen molar-refractivity contribution in [2.75, 3.05) is 26.9 Å². The Hall–Kier alpha value is -3.01. The fourth-order valence-corrected chi connectivity index (χ4v) is 5.64. The van der Waals surface area contributed by atoms with E-state index in [0.29, 0.717) is 31.1 Å². The van der Waals surface area contributed by atoms with E-state index in [9.17, 15) is 9.59 Å². The molecule has 2 fully saturated rings. The number of methoxy groups -OCH3 is 1. The maximum absolute atomic E-state index is 12.9. The molecule has 1 aromatic carbocycles. The number of hydrogen-bond donors (Lipinski definition) is 2. The van der Waals surface area contributed by atoms with Crippen molar-refractivity contribution in [3.8, 4) is 11.4 Å². The Morgan fingerprint density at radius 2 is 2.00 bits per heavy atom. The summed E-state index contributed by atoms with van der Waals surface area (Å²) in [6, 6.07) is 7.77. The van der Waals surface area contributed by atoms with E-state index in [1.807, 2.05) is 13.0 Å². The van der Waals surface area contributed by atoms with Gasteiger partial charge < -0.3 is 29.1 Å². The van der Waals surface area contributed by atoms with E-state index in [2.05, 4.69) is 33.1 Å². The van der Waals surface area contributed by atoms with E-state index < -0.39 is 6.04 Å². The fraction of sp³-hybridized carbons (Fsp3) is 0.567. The molecule has 3 heterocycles. The van der Waals surface area contributed by atoms with Gasteiger partial charge in [-0.15, -0.1) is 0 Å². The Balaban J connectivity index is 1.38. The predicted molar refractivity (Wildman–Crippen MR) is 150 cm³/mol. The van der Waals surface area contributed by atoms with Crippen LogP contribution in [0.5, 0.6) is 0 Å². The monoisotopic (exact) mass is 536 g/mol. The molecule has 2 aromatic heterocycles. The minimum Gasteiger partial charge on any atom is -0.461 e. The van der Waals surface area contributed by atoms with E-state index in [1.165, 1.54) is 0 Å². The molecular weight excluding hydrogens is 496 g/mol. The van der Waals surface area contributed by atoms with Crippen LogP contribution in [0.3, 0.4) is 0 Å². The van der Waals surface area contributed by atoms with Gasteiger partial charge in [0.05, 0.1) is 11.0 Å². The number of ether oxygens (including phenoxy) is 3. The SMILES string of the molecule is COCCC(NCc1ccc2c(c1)nc(-c1c[nH]c(=O)c(C)c1)n2CC1CCOCC1)C(=O)OC1CCCC1. The lowest BCUT2D eigenvalue weighted by atomic mass is 10.00. The summed E-state index contributed by atoms with van der Waals surface area (Å²) in [7, 11) is 1.64. The minimum atomic E-state index is -0.424. The molecule has 0 bridgehead atoms. The molecule has 9 nitrogen and oxygen atoms in total. The van der Waals surface area contributed by atoms with Gasteiger partial charge in [-0.1, -0.05) is 6.07 Å². The Morgan fingerprint density at radius 3 is 2.74 bits per heavy atom. The summed E-state index contributed by atoms with van der Waals surface area (Å²) in [6.45, 7) is 5.23. The number of hydrogen-bond acceptors (Lipinski definition) is 7. The first-order valence-corrected chi connectivity index (χ1v) is 14.2. The second-order valence-electron chi connectivity index (χ2n) is 10.9. The predicted octanol–water partition coefficient (Wildman–Crippen LogP) is 4.11. The summed E-state index contributed by atoms with van der Waals surface area (Å²) in [5.74, 6) is 1.16. The van der Waals surface area contributed by atoms with Gasteiger partial charge in [0.2, 0.25) is 0 Å². The third-order valence-corrected chi connectivity index (χ3v) is 7.97. The zero-order chi connectivity index (χ0) is 27.2. The molecule has 5 rings (SSSR count). The topological polar surface area (TPSA) is 107 Å². The van der Waals surface area contributed by atoms with Crippen LogP contribution in [0.25, 0.3) is 22.4 Å². The van der Waals surface area contributed by atoms with Crippen molar-refractivity contribution in [1.82, 2.24) is 19.9 Å². The molecular formula is C30H40N4O5. The lowest BCUT2D eigenvalue weighted by Crippen LogP contribution is -2.40. The van der Waals surface area contributed by atoms with Gasteiger partial charge >= 0.3 is 5.97 Å². The number of nitrogens with one attached hydrogen (secondary N) is 2. The van der Waals surface area contributed by atoms with Crippen LogP contribution >= 0.6 is 0 Å². The standard InChI is InChI=1S/C30H40N4O5/c1-20-15-23(18-32-29(20)35)28-33-26-16-22(7-8-27(26)34(28)19-21-9-13-38-14-10-21)17-31-25(11-12-37-2)30(36)39-24-5-3-4-6-24/h7-8,15-16,18,21,24-25,31H,3-6,9-14,17,19H2,1-2H3,(H,32,35). The minimum absolute atomic E-state index is 0.0374. The number of nitrogens with zero attached hydrogens (tertiary/aromatic N) is 2. The number of H-pyrrole nitrogens is 1. The van der Waals surface area contributed by atoms with Crippen molar-refractivity contribution in [2.45, 2.75) is 77.1 Å². The van der Waals surface area contributed by atoms with Crippen LogP contribution in [0.15, 0.2) is 35.3 Å². The number of aromatic amines is 1. The molecule has 1 aliphatic carbocycles. The van der Waals surface area contributed by atoms with Crippen LogP contribution in [0, 0.1) is 12.8 Å². The molecule has 3 aromatic rings. The number of esters is 1. The highest BCUT2D eigenvalue weighted by atomic mass is 16.5. The molecule has 1 unspecified atom stereocenters. The van der Waals surface area contributed by atoms with E-state index in [0.717, 1.165) is 86.3 Å². The van der Waals surface area contributed by atoms with Crippen LogP contribution in [0.4, 0.5) is 0 Å². The van der Waals surface area contributed by atoms with Crippen molar-refractivity contribution < 1.29 is 19.0 Å². The van der Waals surface area contributed by atoms with Gasteiger partial charge in [0.1, 0.15) is 18.0 Å². The smallest absolute Gasteiger partial charge is 0.323 e. The molecule has 1 aliphatic heterocycles. The van der Waals surface area contributed by atoms with Crippen LogP contribution in [0.2, 0.25) is 0 Å². The van der Waals surface area contributed by atoms with E-state index in [1.54, 1.807) is 13.3 Å². The molecule has 9 heteroatoms. The fourth-order valence-electron chi connectivity index (χ4n) is 5.64. The quantitative estimate of drug-likeness (QED) is 0.355. The lowest BCUT2D eigenvalue weighted by Gasteiger charge is -2.23. The zero-order valence-corrected chi connectivity index (χ0v) is 23.0. The number of pyridine rings is 1. The van der Waals surface area contributed by atoms with Crippen molar-refractivity contribution in [3.05, 3.63) is 51.9 Å². The van der Waals surface area contributed by atoms with Crippen molar-refractivity contribution in [2.24, 2.45) is 5.92 Å². The number of aromatic nitrogens is 3. The van der Waals surface area contributed by atoms with Crippen LogP contribution < -0.4 is 10.9 Å². The molecule has 0 radical (unpaired) electrons. The Labute approximate surface area is 229 Å². The first kappa shape index (κ1) is 27.6. The molecule has 1 saturated heterocycles. The largest absolute Gasteiger partial charge is 0.461 e. The van der Waals surface area contributed by atoms with Gasteiger partial charge in [-0.3, -0.25) is 9.59 Å². The van der Waals surface area contributed by atoms with Crippen molar-refractivity contribution >= 4 is 17.0 Å². The summed E-state index contributed by atoms with van der Waals surface area (Å²) in [5, 5.41) is 3.40. The summed E-state index contributed by atoms with van der Waals surface area (Å²) >= 11 is 0. The lowest BCUT2D eigenvalue weighted by molar-refractivity contribution is -0.151. The van der Waals surface area contributed by atoms with Gasteiger partial charge in [-0.05, 0) is 81.5 Å². The summed E-state index contributed by atoms with van der Waals surface area (Å²) in [4.78, 5) is 32.8. The Kier molecular flexibility index (Phi) is 9.11. The average molecular weight is 537 g/mol. The molecule has 1 saturated carbocycles. The molecule has 2 N–H and O–H groups in total. The van der Waals surface area contributed by atoms with Gasteiger partial charge in [0.15, 0.2) is 0 Å². The number of aryl methyl sites for hydroxylation is 1. The normalized spacial score (nSPS) is 17.6. The van der Waals surface area contributed by atoms with E-state index in [4.69, 9.17) is 19.2 Å². The maximum Gasteiger partial charge on any atom is 0.323 e. The van der Waals surface area contributed by atoms with Gasteiger partial charge in [0.25, 0.3) is 5.56 Å². The van der Waals surface area contributed by atoms with Crippen LogP contribution in [0.1, 0.15) is 56.1 Å². The molecule has 0 spiro atoms. The second kappa shape index (κ2) is 12.9. The van der Waals surface area contributed by atoms with Gasteiger partial charge in [-0.25, -0.2) is 4.98 Å². The highest BCUT2D eigenvalue weighted by molar-refractivity contribution is 5.81. The van der Waals surface area contributed by atoms with Crippen molar-refractivity contribution in [3.63, 3.8) is 0 Å². The third-order valence-electron chi connectivity index (χ3n) is 7.97. The van der Waals surface area contributed by atoms with Crippen LogP contribution in [-0.2, 0) is 32.1 Å². The van der Waals surface area contributed by atoms with E-state index in [-0.39, 0.29) is 17.6 Å². The van der Waals surface area contributed by atoms with Gasteiger partial charge in [0, 0.05) is 57.3 Å². The molecule has 0 amide bonds. The number of imidazole rings is 1. The first-order valence-electron chi connectivity index (χ1n) is 14.2. The van der Waals surface area contributed by atoms with Crippen molar-refractivity contribution in [1.29, 1.82) is 0 Å². The molecule has 210 valence electrons. The Bertz CT molecular complexity index is 1320. The number of fused-ring (bicyclic) bond motifs is 1. The molecule has 39 heavy (non-hydrogen) atoms. The first-order chi connectivity index (χ1) is 19.0. The number of carbonyl (C=O) groups is 1. The highest BCUT2D eigenvalue weighted by Crippen LogP contribution is 2.29. The van der Waals surface area contributed by atoms with E-state index >= 15 is 0 Å². The van der Waals surface area contributed by atoms with Crippen LogP contribution in [-0.4, -0.2) is 59.6 Å². The molecule has 2 aliphatic rings. The highest BCUT2D eigenvalue weighted by Gasteiger charge is 2.25. The number of benzene rings is 1.